The molecule has 0 nitrogen and oxygen atoms in total. The maximum absolute atomic E-state index is 2.71. The second-order valence-electron chi connectivity index (χ2n) is 21.8. The lowest BCUT2D eigenvalue weighted by atomic mass is 9.34. The van der Waals surface area contributed by atoms with Gasteiger partial charge in [0.1, 0.15) is 0 Å². The van der Waals surface area contributed by atoms with Crippen molar-refractivity contribution < 1.29 is 0 Å². The first-order valence-electron chi connectivity index (χ1n) is 24.4. The quantitative estimate of drug-likeness (QED) is 0.0771. The molecule has 0 fully saturated rings. The Kier molecular flexibility index (Phi) is 15.8. The van der Waals surface area contributed by atoms with Gasteiger partial charge in [0.2, 0.25) is 6.71 Å². The van der Waals surface area contributed by atoms with Crippen molar-refractivity contribution >= 4 is 46.9 Å². The summed E-state index contributed by atoms with van der Waals surface area (Å²) in [7, 11) is -1.00. The van der Waals surface area contributed by atoms with E-state index < -0.39 is 7.92 Å². The van der Waals surface area contributed by atoms with E-state index in [0.717, 1.165) is 0 Å². The molecule has 0 atom stereocenters. The van der Waals surface area contributed by atoms with Crippen molar-refractivity contribution in [3.8, 4) is 0 Å². The summed E-state index contributed by atoms with van der Waals surface area (Å²) in [6.45, 7) is 53.1. The Morgan fingerprint density at radius 1 is 0.306 bits per heavy atom. The molecule has 62 heavy (non-hydrogen) atoms. The van der Waals surface area contributed by atoms with Gasteiger partial charge in [0.25, 0.3) is 0 Å². The standard InChI is InChI=1S/C60H84BP/c1-33(2)47-27-50(35(5)6)58(51(28-47)36(7)8)62(59-52(37(9)10)29-48(34(3)4)30-53(59)38(11)12)60-54(39(13)14)31-49(32-55(60)40(15)16)61(56-43(19)23-41(17)24-44(56)20)57-45(21)25-42(18)26-46(57)22/h23-40H,1-22H3. The van der Waals surface area contributed by atoms with Gasteiger partial charge in [-0.1, -0.05) is 221 Å². The second kappa shape index (κ2) is 19.8. The SMILES string of the molecule is Cc1cc(C)c(B(c2cc(C(C)C)c(P(c3c(C(C)C)cc(C(C)C)cc3C(C)C)c3c(C(C)C)cc(C(C)C)cc3C(C)C)c(C(C)C)c2)c2c(C)cc(C)cc2C)c(C)c1. The smallest absolute Gasteiger partial charge is 0.0680 e. The van der Waals surface area contributed by atoms with E-state index in [2.05, 4.69) is 213 Å². The van der Waals surface area contributed by atoms with Crippen molar-refractivity contribution in [2.24, 2.45) is 0 Å². The fraction of sp³-hybridized carbons (Fsp3) is 0.500. The molecule has 0 aromatic heterocycles. The van der Waals surface area contributed by atoms with Gasteiger partial charge in [0.05, 0.1) is 0 Å². The van der Waals surface area contributed by atoms with Crippen molar-refractivity contribution in [1.29, 1.82) is 0 Å². The maximum Gasteiger partial charge on any atom is 0.242 e. The summed E-state index contributed by atoms with van der Waals surface area (Å²) in [5.74, 6) is 3.13. The topological polar surface area (TPSA) is 0 Å². The van der Waals surface area contributed by atoms with E-state index in [0.29, 0.717) is 47.3 Å². The summed E-state index contributed by atoms with van der Waals surface area (Å²) >= 11 is 0. The first-order valence-corrected chi connectivity index (χ1v) is 25.7. The molecule has 5 aromatic carbocycles. The lowest BCUT2D eigenvalue weighted by Gasteiger charge is -2.37. The molecule has 0 spiro atoms. The highest BCUT2D eigenvalue weighted by molar-refractivity contribution is 7.80. The summed E-state index contributed by atoms with van der Waals surface area (Å²) in [5, 5.41) is 4.86. The molecule has 2 heteroatoms. The molecular weight excluding hydrogens is 762 g/mol. The summed E-state index contributed by atoms with van der Waals surface area (Å²) in [5.41, 5.74) is 24.8. The Bertz CT molecular complexity index is 2130. The van der Waals surface area contributed by atoms with E-state index in [9.17, 15) is 0 Å². The molecule has 0 bridgehead atoms. The Labute approximate surface area is 383 Å². The molecular formula is C60H84BP. The van der Waals surface area contributed by atoms with Crippen LogP contribution in [0.15, 0.2) is 60.7 Å². The highest BCUT2D eigenvalue weighted by Crippen LogP contribution is 2.48. The van der Waals surface area contributed by atoms with Crippen molar-refractivity contribution in [1.82, 2.24) is 0 Å². The monoisotopic (exact) mass is 847 g/mol. The minimum Gasteiger partial charge on any atom is -0.0680 e. The second-order valence-corrected chi connectivity index (χ2v) is 23.8. The zero-order valence-corrected chi connectivity index (χ0v) is 44.3. The predicted octanol–water partition coefficient (Wildman–Crippen LogP) is 14.8. The van der Waals surface area contributed by atoms with Crippen molar-refractivity contribution in [2.75, 3.05) is 0 Å². The van der Waals surface area contributed by atoms with E-state index in [1.54, 1.807) is 38.2 Å². The lowest BCUT2D eigenvalue weighted by molar-refractivity contribution is 0.811. The molecule has 0 aliphatic rings. The number of rotatable bonds is 14. The average Bonchev–Trinajstić information content (AvgIpc) is 3.15. The fourth-order valence-corrected chi connectivity index (χ4v) is 14.6. The molecule has 0 amide bonds. The van der Waals surface area contributed by atoms with Gasteiger partial charge in [-0.15, -0.1) is 0 Å². The predicted molar refractivity (Wildman–Crippen MR) is 284 cm³/mol. The summed E-state index contributed by atoms with van der Waals surface area (Å²) in [4.78, 5) is 0. The zero-order valence-electron chi connectivity index (χ0n) is 43.4. The van der Waals surface area contributed by atoms with Gasteiger partial charge in [0, 0.05) is 0 Å². The number of aryl methyl sites for hydroxylation is 6. The van der Waals surface area contributed by atoms with Crippen LogP contribution in [-0.4, -0.2) is 6.71 Å². The van der Waals surface area contributed by atoms with Crippen molar-refractivity contribution in [2.45, 2.75) is 200 Å². The van der Waals surface area contributed by atoms with Crippen LogP contribution >= 0.6 is 7.92 Å². The van der Waals surface area contributed by atoms with Gasteiger partial charge in [-0.2, -0.15) is 0 Å². The maximum atomic E-state index is 2.71. The minimum atomic E-state index is -1.00. The van der Waals surface area contributed by atoms with Gasteiger partial charge in [0.15, 0.2) is 0 Å². The number of benzene rings is 5. The van der Waals surface area contributed by atoms with Gasteiger partial charge < -0.3 is 0 Å². The molecule has 0 aliphatic carbocycles. The highest BCUT2D eigenvalue weighted by Gasteiger charge is 2.37. The van der Waals surface area contributed by atoms with E-state index in [1.165, 1.54) is 72.0 Å². The van der Waals surface area contributed by atoms with Crippen LogP contribution in [0.25, 0.3) is 0 Å². The van der Waals surface area contributed by atoms with E-state index in [-0.39, 0.29) is 6.71 Å². The van der Waals surface area contributed by atoms with E-state index >= 15 is 0 Å². The van der Waals surface area contributed by atoms with Crippen LogP contribution in [0, 0.1) is 41.5 Å². The molecule has 5 rings (SSSR count). The van der Waals surface area contributed by atoms with Crippen LogP contribution in [0.2, 0.25) is 0 Å². The molecule has 0 aliphatic heterocycles. The third-order valence-corrected chi connectivity index (χ3v) is 16.6. The lowest BCUT2D eigenvalue weighted by Crippen LogP contribution is -2.56. The van der Waals surface area contributed by atoms with Gasteiger partial charge in [-0.05, 0) is 157 Å². The van der Waals surface area contributed by atoms with Crippen LogP contribution < -0.4 is 32.3 Å². The Hall–Kier alpha value is -3.41. The van der Waals surface area contributed by atoms with Crippen LogP contribution in [0.4, 0.5) is 0 Å². The van der Waals surface area contributed by atoms with Gasteiger partial charge in [-0.3, -0.25) is 0 Å². The summed E-state index contributed by atoms with van der Waals surface area (Å²) in [6, 6.07) is 25.6. The zero-order chi connectivity index (χ0) is 46.4. The minimum absolute atomic E-state index is 0.122. The first kappa shape index (κ1) is 49.6. The molecule has 0 N–H and O–H groups in total. The Balaban J connectivity index is 2.13. The molecule has 0 heterocycles. The van der Waals surface area contributed by atoms with Crippen LogP contribution in [0.5, 0.6) is 0 Å². The molecule has 0 unspecified atom stereocenters. The Morgan fingerprint density at radius 2 is 0.532 bits per heavy atom. The largest absolute Gasteiger partial charge is 0.242 e. The summed E-state index contributed by atoms with van der Waals surface area (Å²) in [6.07, 6.45) is 0. The van der Waals surface area contributed by atoms with E-state index in [1.807, 2.05) is 0 Å². The third kappa shape index (κ3) is 9.95. The van der Waals surface area contributed by atoms with Crippen molar-refractivity contribution in [3.63, 3.8) is 0 Å². The van der Waals surface area contributed by atoms with Crippen molar-refractivity contribution in [3.05, 3.63) is 139 Å². The number of hydrogen-bond donors (Lipinski definition) is 0. The van der Waals surface area contributed by atoms with Crippen LogP contribution in [0.1, 0.15) is 236 Å². The molecule has 0 radical (unpaired) electrons. The number of hydrogen-bond acceptors (Lipinski definition) is 0. The molecule has 5 aromatic rings. The van der Waals surface area contributed by atoms with Crippen LogP contribution in [0.3, 0.4) is 0 Å². The molecule has 0 saturated heterocycles. The first-order chi connectivity index (χ1) is 28.9. The highest BCUT2D eigenvalue weighted by atomic mass is 31.1. The Morgan fingerprint density at radius 3 is 0.742 bits per heavy atom. The molecule has 332 valence electrons. The van der Waals surface area contributed by atoms with Crippen LogP contribution in [-0.2, 0) is 0 Å². The normalized spacial score (nSPS) is 12.4. The molecule has 0 saturated carbocycles. The average molecular weight is 847 g/mol. The fourth-order valence-electron chi connectivity index (χ4n) is 10.5. The third-order valence-electron chi connectivity index (χ3n) is 13.7. The summed E-state index contributed by atoms with van der Waals surface area (Å²) < 4.78 is 0. The van der Waals surface area contributed by atoms with Gasteiger partial charge in [-0.25, -0.2) is 0 Å². The van der Waals surface area contributed by atoms with Gasteiger partial charge >= 0.3 is 0 Å². The van der Waals surface area contributed by atoms with E-state index in [4.69, 9.17) is 0 Å².